The van der Waals surface area contributed by atoms with Gasteiger partial charge in [0.2, 0.25) is 5.95 Å². The lowest BCUT2D eigenvalue weighted by atomic mass is 10.2. The van der Waals surface area contributed by atoms with E-state index in [0.717, 1.165) is 5.56 Å². The number of nitrogens with one attached hydrogen (secondary N) is 2. The summed E-state index contributed by atoms with van der Waals surface area (Å²) in [6.07, 6.45) is 0. The summed E-state index contributed by atoms with van der Waals surface area (Å²) in [6, 6.07) is 6.08. The van der Waals surface area contributed by atoms with Gasteiger partial charge in [0, 0.05) is 6.54 Å². The van der Waals surface area contributed by atoms with Gasteiger partial charge in [-0.3, -0.25) is 9.78 Å². The van der Waals surface area contributed by atoms with Gasteiger partial charge >= 0.3 is 0 Å². The Bertz CT molecular complexity index is 606. The fourth-order valence-corrected chi connectivity index (χ4v) is 1.51. The quantitative estimate of drug-likeness (QED) is 0.766. The number of H-pyrrole nitrogens is 1. The third-order valence-electron chi connectivity index (χ3n) is 2.54. The summed E-state index contributed by atoms with van der Waals surface area (Å²) in [7, 11) is 0. The van der Waals surface area contributed by atoms with E-state index in [1.807, 2.05) is 0 Å². The Morgan fingerprint density at radius 3 is 2.72 bits per heavy atom. The number of aromatic amines is 1. The average molecular weight is 248 g/mol. The van der Waals surface area contributed by atoms with Crippen LogP contribution in [-0.4, -0.2) is 9.97 Å². The number of nitrogens with two attached hydrogens (primary N) is 1. The fourth-order valence-electron chi connectivity index (χ4n) is 1.51. The van der Waals surface area contributed by atoms with Gasteiger partial charge in [-0.1, -0.05) is 12.1 Å². The topological polar surface area (TPSA) is 83.8 Å². The third-order valence-corrected chi connectivity index (χ3v) is 2.54. The van der Waals surface area contributed by atoms with Gasteiger partial charge in [-0.15, -0.1) is 0 Å². The van der Waals surface area contributed by atoms with Gasteiger partial charge in [0.25, 0.3) is 5.56 Å². The largest absolute Gasteiger partial charge is 0.369 e. The molecule has 4 N–H and O–H groups in total. The molecule has 0 bridgehead atoms. The lowest BCUT2D eigenvalue weighted by Crippen LogP contribution is -2.17. The number of halogens is 1. The lowest BCUT2D eigenvalue weighted by Gasteiger charge is -2.08. The molecule has 1 aromatic carbocycles. The summed E-state index contributed by atoms with van der Waals surface area (Å²) in [4.78, 5) is 17.9. The van der Waals surface area contributed by atoms with E-state index in [2.05, 4.69) is 15.3 Å². The number of hydrogen-bond acceptors (Lipinski definition) is 4. The number of nitrogen functional groups attached to an aromatic ring is 1. The summed E-state index contributed by atoms with van der Waals surface area (Å²) in [5.41, 5.74) is 6.54. The Hall–Kier alpha value is -2.37. The number of hydrogen-bond donors (Lipinski definition) is 3. The zero-order valence-corrected chi connectivity index (χ0v) is 9.83. The highest BCUT2D eigenvalue weighted by molar-refractivity contribution is 5.45. The second kappa shape index (κ2) is 4.87. The van der Waals surface area contributed by atoms with Crippen LogP contribution < -0.4 is 16.6 Å². The van der Waals surface area contributed by atoms with Crippen molar-refractivity contribution < 1.29 is 4.39 Å². The molecule has 0 spiro atoms. The molecule has 0 amide bonds. The summed E-state index contributed by atoms with van der Waals surface area (Å²) in [5, 5.41) is 3.00. The molecule has 0 fully saturated rings. The molecule has 2 aromatic rings. The molecule has 1 aromatic heterocycles. The highest BCUT2D eigenvalue weighted by atomic mass is 19.1. The highest BCUT2D eigenvalue weighted by Gasteiger charge is 2.05. The molecule has 18 heavy (non-hydrogen) atoms. The molecule has 94 valence electrons. The second-order valence-electron chi connectivity index (χ2n) is 3.90. The minimum atomic E-state index is -0.284. The molecule has 0 saturated carbocycles. The molecule has 0 unspecified atom stereocenters. The van der Waals surface area contributed by atoms with E-state index in [9.17, 15) is 9.18 Å². The van der Waals surface area contributed by atoms with Crippen molar-refractivity contribution in [2.24, 2.45) is 0 Å². The van der Waals surface area contributed by atoms with Crippen molar-refractivity contribution in [1.82, 2.24) is 9.97 Å². The van der Waals surface area contributed by atoms with E-state index < -0.39 is 0 Å². The first kappa shape index (κ1) is 12.1. The minimum Gasteiger partial charge on any atom is -0.369 e. The average Bonchev–Trinajstić information content (AvgIpc) is 2.34. The molecule has 0 atom stereocenters. The zero-order chi connectivity index (χ0) is 13.1. The van der Waals surface area contributed by atoms with Crippen LogP contribution >= 0.6 is 0 Å². The van der Waals surface area contributed by atoms with E-state index in [-0.39, 0.29) is 17.3 Å². The van der Waals surface area contributed by atoms with Crippen molar-refractivity contribution in [2.75, 3.05) is 11.1 Å². The van der Waals surface area contributed by atoms with Crippen molar-refractivity contribution in [2.45, 2.75) is 13.5 Å². The Morgan fingerprint density at radius 1 is 1.39 bits per heavy atom. The van der Waals surface area contributed by atoms with Crippen LogP contribution in [0.3, 0.4) is 0 Å². The normalized spacial score (nSPS) is 10.3. The summed E-state index contributed by atoms with van der Waals surface area (Å²) >= 11 is 0. The molecule has 2 rings (SSSR count). The Kier molecular flexibility index (Phi) is 3.27. The van der Waals surface area contributed by atoms with Crippen molar-refractivity contribution in [3.8, 4) is 0 Å². The van der Waals surface area contributed by atoms with Gasteiger partial charge in [0.1, 0.15) is 11.6 Å². The molecule has 0 aliphatic carbocycles. The van der Waals surface area contributed by atoms with Gasteiger partial charge in [-0.25, -0.2) is 4.39 Å². The maximum absolute atomic E-state index is 12.7. The van der Waals surface area contributed by atoms with Gasteiger partial charge in [-0.05, 0) is 24.6 Å². The van der Waals surface area contributed by atoms with Crippen LogP contribution in [0.15, 0.2) is 29.1 Å². The number of anilines is 2. The lowest BCUT2D eigenvalue weighted by molar-refractivity contribution is 0.627. The monoisotopic (exact) mass is 248 g/mol. The molecule has 0 saturated heterocycles. The first-order chi connectivity index (χ1) is 8.56. The van der Waals surface area contributed by atoms with Gasteiger partial charge in [0.05, 0.1) is 5.56 Å². The molecule has 0 radical (unpaired) electrons. The molecule has 1 heterocycles. The van der Waals surface area contributed by atoms with Crippen LogP contribution in [0.25, 0.3) is 0 Å². The first-order valence-corrected chi connectivity index (χ1v) is 5.41. The predicted octanol–water partition coefficient (Wildman–Crippen LogP) is 1.41. The number of nitrogens with zero attached hydrogens (tertiary/aromatic N) is 1. The SMILES string of the molecule is Cc1c(NCc2ccc(F)cc2)nc(N)[nH]c1=O. The maximum atomic E-state index is 12.7. The number of aromatic nitrogens is 2. The predicted molar refractivity (Wildman–Crippen MR) is 67.7 cm³/mol. The van der Waals surface area contributed by atoms with E-state index in [0.29, 0.717) is 17.9 Å². The maximum Gasteiger partial charge on any atom is 0.257 e. The molecular weight excluding hydrogens is 235 g/mol. The third kappa shape index (κ3) is 2.65. The summed E-state index contributed by atoms with van der Waals surface area (Å²) in [5.74, 6) is 0.209. The van der Waals surface area contributed by atoms with Crippen LogP contribution in [0.2, 0.25) is 0 Å². The highest BCUT2D eigenvalue weighted by Crippen LogP contribution is 2.10. The second-order valence-corrected chi connectivity index (χ2v) is 3.90. The van der Waals surface area contributed by atoms with E-state index in [1.165, 1.54) is 12.1 Å². The van der Waals surface area contributed by atoms with Crippen LogP contribution in [0.5, 0.6) is 0 Å². The van der Waals surface area contributed by atoms with E-state index in [4.69, 9.17) is 5.73 Å². The Morgan fingerprint density at radius 2 is 2.06 bits per heavy atom. The minimum absolute atomic E-state index is 0.0622. The Balaban J connectivity index is 2.15. The van der Waals surface area contributed by atoms with Crippen molar-refractivity contribution in [3.05, 3.63) is 51.6 Å². The fraction of sp³-hybridized carbons (Fsp3) is 0.167. The summed E-state index contributed by atoms with van der Waals surface area (Å²) < 4.78 is 12.7. The smallest absolute Gasteiger partial charge is 0.257 e. The van der Waals surface area contributed by atoms with E-state index in [1.54, 1.807) is 19.1 Å². The van der Waals surface area contributed by atoms with Crippen molar-refractivity contribution in [3.63, 3.8) is 0 Å². The number of rotatable bonds is 3. The zero-order valence-electron chi connectivity index (χ0n) is 9.83. The Labute approximate surface area is 103 Å². The van der Waals surface area contributed by atoms with Crippen LogP contribution in [0.4, 0.5) is 16.2 Å². The van der Waals surface area contributed by atoms with Crippen molar-refractivity contribution >= 4 is 11.8 Å². The van der Waals surface area contributed by atoms with Gasteiger partial charge in [0.15, 0.2) is 0 Å². The standard InChI is InChI=1S/C12H13FN4O/c1-7-10(16-12(14)17-11(7)18)15-6-8-2-4-9(13)5-3-8/h2-5H,6H2,1H3,(H4,14,15,16,17,18). The molecular formula is C12H13FN4O. The van der Waals surface area contributed by atoms with Crippen LogP contribution in [0.1, 0.15) is 11.1 Å². The molecule has 0 aliphatic heterocycles. The van der Waals surface area contributed by atoms with Gasteiger partial charge in [-0.2, -0.15) is 4.98 Å². The molecule has 0 aliphatic rings. The first-order valence-electron chi connectivity index (χ1n) is 5.41. The van der Waals surface area contributed by atoms with Crippen molar-refractivity contribution in [1.29, 1.82) is 0 Å². The molecule has 6 heteroatoms. The van der Waals surface area contributed by atoms with Crippen LogP contribution in [-0.2, 0) is 6.54 Å². The summed E-state index contributed by atoms with van der Waals surface area (Å²) in [6.45, 7) is 2.09. The van der Waals surface area contributed by atoms with Crippen LogP contribution in [0, 0.1) is 12.7 Å². The molecule has 5 nitrogen and oxygen atoms in total. The van der Waals surface area contributed by atoms with Gasteiger partial charge < -0.3 is 11.1 Å². The van der Waals surface area contributed by atoms with E-state index >= 15 is 0 Å². The number of benzene rings is 1.